The molecule has 27 heavy (non-hydrogen) atoms. The molecule has 2 aliphatic heterocycles. The average Bonchev–Trinajstić information content (AvgIpc) is 3.24. The number of aryl methyl sites for hydroxylation is 2. The van der Waals surface area contributed by atoms with Gasteiger partial charge in [0.05, 0.1) is 5.92 Å². The fourth-order valence-electron chi connectivity index (χ4n) is 4.50. The van der Waals surface area contributed by atoms with Gasteiger partial charge in [-0.2, -0.15) is 0 Å². The number of piperidine rings is 1. The van der Waals surface area contributed by atoms with E-state index in [0.29, 0.717) is 6.42 Å². The van der Waals surface area contributed by atoms with E-state index in [9.17, 15) is 9.59 Å². The molecule has 1 spiro atoms. The van der Waals surface area contributed by atoms with Crippen LogP contribution in [-0.2, 0) is 23.1 Å². The quantitative estimate of drug-likeness (QED) is 0.906. The van der Waals surface area contributed by atoms with Gasteiger partial charge < -0.3 is 14.8 Å². The SMILES string of the molecule is Cn1cccc1CCC(=O)N1CCC2(CC1)CC(c1ccccc1)C(=O)N2. The van der Waals surface area contributed by atoms with Crippen LogP contribution in [-0.4, -0.2) is 39.9 Å². The van der Waals surface area contributed by atoms with E-state index in [4.69, 9.17) is 0 Å². The van der Waals surface area contributed by atoms with Crippen molar-refractivity contribution in [3.8, 4) is 0 Å². The zero-order valence-corrected chi connectivity index (χ0v) is 15.9. The summed E-state index contributed by atoms with van der Waals surface area (Å²) < 4.78 is 2.07. The molecule has 5 heteroatoms. The van der Waals surface area contributed by atoms with Gasteiger partial charge in [-0.05, 0) is 43.4 Å². The topological polar surface area (TPSA) is 54.3 Å². The first kappa shape index (κ1) is 17.8. The summed E-state index contributed by atoms with van der Waals surface area (Å²) in [5.41, 5.74) is 2.13. The van der Waals surface area contributed by atoms with Crippen molar-refractivity contribution in [2.45, 2.75) is 43.6 Å². The number of aromatic nitrogens is 1. The Bertz CT molecular complexity index is 819. The summed E-state index contributed by atoms with van der Waals surface area (Å²) in [6, 6.07) is 14.1. The fraction of sp³-hybridized carbons (Fsp3) is 0.455. The fourth-order valence-corrected chi connectivity index (χ4v) is 4.50. The number of nitrogens with zero attached hydrogens (tertiary/aromatic N) is 2. The van der Waals surface area contributed by atoms with E-state index in [1.165, 1.54) is 5.69 Å². The zero-order valence-electron chi connectivity index (χ0n) is 15.9. The standard InChI is InChI=1S/C22H27N3O2/c1-24-13-5-8-18(24)9-10-20(26)25-14-11-22(12-15-25)16-19(21(27)23-22)17-6-3-2-4-7-17/h2-8,13,19H,9-12,14-16H2,1H3,(H,23,27). The number of nitrogens with one attached hydrogen (secondary N) is 1. The summed E-state index contributed by atoms with van der Waals surface area (Å²) in [6.07, 6.45) is 5.86. The van der Waals surface area contributed by atoms with Crippen molar-refractivity contribution < 1.29 is 9.59 Å². The maximum absolute atomic E-state index is 12.6. The summed E-state index contributed by atoms with van der Waals surface area (Å²) >= 11 is 0. The second kappa shape index (κ2) is 7.22. The monoisotopic (exact) mass is 365 g/mol. The maximum Gasteiger partial charge on any atom is 0.228 e. The molecule has 1 aromatic carbocycles. The summed E-state index contributed by atoms with van der Waals surface area (Å²) in [7, 11) is 2.01. The van der Waals surface area contributed by atoms with Crippen molar-refractivity contribution in [2.75, 3.05) is 13.1 Å². The van der Waals surface area contributed by atoms with Gasteiger partial charge in [-0.25, -0.2) is 0 Å². The van der Waals surface area contributed by atoms with Crippen LogP contribution in [0.5, 0.6) is 0 Å². The molecule has 0 radical (unpaired) electrons. The molecule has 1 aromatic heterocycles. The van der Waals surface area contributed by atoms with E-state index in [2.05, 4.69) is 16.0 Å². The molecule has 3 heterocycles. The Morgan fingerprint density at radius 3 is 2.56 bits per heavy atom. The lowest BCUT2D eigenvalue weighted by Gasteiger charge is -2.39. The molecule has 2 aromatic rings. The van der Waals surface area contributed by atoms with Gasteiger partial charge in [-0.1, -0.05) is 30.3 Å². The van der Waals surface area contributed by atoms with E-state index in [1.807, 2.05) is 54.5 Å². The largest absolute Gasteiger partial charge is 0.354 e. The van der Waals surface area contributed by atoms with E-state index < -0.39 is 0 Å². The van der Waals surface area contributed by atoms with Crippen LogP contribution in [0.1, 0.15) is 42.9 Å². The molecule has 2 amide bonds. The second-order valence-electron chi connectivity index (χ2n) is 7.93. The van der Waals surface area contributed by atoms with E-state index in [0.717, 1.165) is 44.3 Å². The van der Waals surface area contributed by atoms with E-state index in [-0.39, 0.29) is 23.3 Å². The highest BCUT2D eigenvalue weighted by molar-refractivity contribution is 5.87. The van der Waals surface area contributed by atoms with Crippen LogP contribution in [0.25, 0.3) is 0 Å². The highest BCUT2D eigenvalue weighted by atomic mass is 16.2. The predicted octanol–water partition coefficient (Wildman–Crippen LogP) is 2.62. The van der Waals surface area contributed by atoms with Crippen molar-refractivity contribution >= 4 is 11.8 Å². The van der Waals surface area contributed by atoms with Crippen LogP contribution in [0.2, 0.25) is 0 Å². The number of rotatable bonds is 4. The van der Waals surface area contributed by atoms with Gasteiger partial charge in [0, 0.05) is 44.0 Å². The lowest BCUT2D eigenvalue weighted by molar-refractivity contribution is -0.132. The Labute approximate surface area is 160 Å². The van der Waals surface area contributed by atoms with Crippen molar-refractivity contribution in [3.63, 3.8) is 0 Å². The number of carbonyl (C=O) groups excluding carboxylic acids is 2. The maximum atomic E-state index is 12.6. The third kappa shape index (κ3) is 3.64. The molecule has 1 unspecified atom stereocenters. The molecule has 2 aliphatic rings. The van der Waals surface area contributed by atoms with Crippen molar-refractivity contribution in [1.82, 2.24) is 14.8 Å². The molecule has 0 aliphatic carbocycles. The first-order chi connectivity index (χ1) is 13.1. The second-order valence-corrected chi connectivity index (χ2v) is 7.93. The normalized spacial score (nSPS) is 21.4. The molecule has 5 nitrogen and oxygen atoms in total. The summed E-state index contributed by atoms with van der Waals surface area (Å²) in [4.78, 5) is 27.1. The molecule has 1 atom stereocenters. The first-order valence-electron chi connectivity index (χ1n) is 9.81. The molecular weight excluding hydrogens is 338 g/mol. The van der Waals surface area contributed by atoms with Crippen molar-refractivity contribution in [2.24, 2.45) is 7.05 Å². The molecule has 0 saturated carbocycles. The summed E-state index contributed by atoms with van der Waals surface area (Å²) in [6.45, 7) is 1.46. The Morgan fingerprint density at radius 2 is 1.89 bits per heavy atom. The number of hydrogen-bond acceptors (Lipinski definition) is 2. The molecular formula is C22H27N3O2. The Balaban J connectivity index is 1.33. The number of likely N-dealkylation sites (tertiary alicyclic amines) is 1. The minimum absolute atomic E-state index is 0.0641. The van der Waals surface area contributed by atoms with Gasteiger partial charge in [0.1, 0.15) is 0 Å². The predicted molar refractivity (Wildman–Crippen MR) is 104 cm³/mol. The Kier molecular flexibility index (Phi) is 4.77. The van der Waals surface area contributed by atoms with E-state index in [1.54, 1.807) is 0 Å². The highest BCUT2D eigenvalue weighted by Gasteiger charge is 2.46. The molecule has 0 bridgehead atoms. The van der Waals surface area contributed by atoms with Gasteiger partial charge in [0.25, 0.3) is 0 Å². The van der Waals surface area contributed by atoms with Crippen molar-refractivity contribution in [1.29, 1.82) is 0 Å². The van der Waals surface area contributed by atoms with Gasteiger partial charge in [-0.3, -0.25) is 9.59 Å². The molecule has 2 fully saturated rings. The number of carbonyl (C=O) groups is 2. The first-order valence-corrected chi connectivity index (χ1v) is 9.81. The minimum Gasteiger partial charge on any atom is -0.354 e. The van der Waals surface area contributed by atoms with Crippen LogP contribution < -0.4 is 5.32 Å². The van der Waals surface area contributed by atoms with Crippen LogP contribution in [0, 0.1) is 0 Å². The summed E-state index contributed by atoms with van der Waals surface area (Å²) in [5.74, 6) is 0.283. The molecule has 1 N–H and O–H groups in total. The Morgan fingerprint density at radius 1 is 1.15 bits per heavy atom. The highest BCUT2D eigenvalue weighted by Crippen LogP contribution is 2.39. The average molecular weight is 365 g/mol. The number of hydrogen-bond donors (Lipinski definition) is 1. The van der Waals surface area contributed by atoms with Crippen LogP contribution in [0.15, 0.2) is 48.7 Å². The van der Waals surface area contributed by atoms with Gasteiger partial charge >= 0.3 is 0 Å². The van der Waals surface area contributed by atoms with E-state index >= 15 is 0 Å². The van der Waals surface area contributed by atoms with Crippen LogP contribution >= 0.6 is 0 Å². The van der Waals surface area contributed by atoms with Gasteiger partial charge in [-0.15, -0.1) is 0 Å². The smallest absolute Gasteiger partial charge is 0.228 e. The van der Waals surface area contributed by atoms with Gasteiger partial charge in [0.15, 0.2) is 0 Å². The van der Waals surface area contributed by atoms with Crippen molar-refractivity contribution in [3.05, 3.63) is 59.9 Å². The zero-order chi connectivity index (χ0) is 18.9. The summed E-state index contributed by atoms with van der Waals surface area (Å²) in [5, 5.41) is 3.26. The number of amides is 2. The lowest BCUT2D eigenvalue weighted by atomic mass is 9.82. The van der Waals surface area contributed by atoms with Crippen LogP contribution in [0.3, 0.4) is 0 Å². The minimum atomic E-state index is -0.146. The Hall–Kier alpha value is -2.56. The molecule has 4 rings (SSSR count). The lowest BCUT2D eigenvalue weighted by Crippen LogP contribution is -2.52. The van der Waals surface area contributed by atoms with Crippen LogP contribution in [0.4, 0.5) is 0 Å². The third-order valence-electron chi connectivity index (χ3n) is 6.22. The number of benzene rings is 1. The van der Waals surface area contributed by atoms with Gasteiger partial charge in [0.2, 0.25) is 11.8 Å². The third-order valence-corrected chi connectivity index (χ3v) is 6.22. The molecule has 142 valence electrons. The molecule has 2 saturated heterocycles.